The Bertz CT molecular complexity index is 1590. The molecule has 2 saturated heterocycles. The topological polar surface area (TPSA) is 179 Å². The van der Waals surface area contributed by atoms with E-state index in [2.05, 4.69) is 10.6 Å². The fourth-order valence-corrected chi connectivity index (χ4v) is 7.98. The molecule has 4 fully saturated rings. The normalized spacial score (nSPS) is 31.8. The molecule has 0 bridgehead atoms. The predicted octanol–water partition coefficient (Wildman–Crippen LogP) is 2.27. The molecule has 2 amide bonds. The van der Waals surface area contributed by atoms with Crippen LogP contribution < -0.4 is 10.6 Å². The van der Waals surface area contributed by atoms with Gasteiger partial charge in [-0.25, -0.2) is 8.42 Å². The van der Waals surface area contributed by atoms with Gasteiger partial charge in [0, 0.05) is 32.5 Å². The van der Waals surface area contributed by atoms with E-state index in [-0.39, 0.29) is 32.4 Å². The Kier molecular flexibility index (Phi) is 7.53. The summed E-state index contributed by atoms with van der Waals surface area (Å²) in [7, 11) is -3.82. The van der Waals surface area contributed by atoms with Crippen molar-refractivity contribution in [1.82, 2.24) is 5.32 Å². The molecule has 229 valence electrons. The molecule has 6 rings (SSSR count). The van der Waals surface area contributed by atoms with Crippen molar-refractivity contribution >= 4 is 51.2 Å². The number of esters is 4. The average Bonchev–Trinajstić information content (AvgIpc) is 3.45. The third-order valence-corrected chi connectivity index (χ3v) is 11.0. The Morgan fingerprint density at radius 1 is 0.721 bits per heavy atom. The van der Waals surface area contributed by atoms with Crippen LogP contribution in [-0.4, -0.2) is 49.4 Å². The Morgan fingerprint density at radius 3 is 1.74 bits per heavy atom. The van der Waals surface area contributed by atoms with E-state index in [1.54, 1.807) is 0 Å². The monoisotopic (exact) mass is 613 g/mol. The standard InChI is InChI=1S/C30H29N2O10S.2H2/c33-25(15-1-11-21-23(13-15)29(37)41-27(21)35)31-17-3-7-19(8-4-17)43(39,40)20-9-5-18(6-10-20)32-26(34)16-2-12-22-24(14-16)30(38)42-28(22)36;;/h3-10,15-16,19,21-24H,1-2,11-14H2,(H,31,33)(H,32,34);2*1H. The fraction of sp³-hybridized carbons (Fsp3) is 0.433. The molecule has 3 aliphatic carbocycles. The first-order valence-corrected chi connectivity index (χ1v) is 15.8. The van der Waals surface area contributed by atoms with Crippen molar-refractivity contribution in [3.05, 3.63) is 54.6 Å². The van der Waals surface area contributed by atoms with Crippen molar-refractivity contribution < 1.29 is 49.5 Å². The summed E-state index contributed by atoms with van der Waals surface area (Å²) in [5, 5.41) is 4.55. The van der Waals surface area contributed by atoms with E-state index in [1.807, 2.05) is 0 Å². The quantitative estimate of drug-likeness (QED) is 0.357. The number of cyclic esters (lactones) is 4. The minimum Gasteiger partial charge on any atom is -0.393 e. The van der Waals surface area contributed by atoms with Gasteiger partial charge in [0.1, 0.15) is 0 Å². The van der Waals surface area contributed by atoms with Gasteiger partial charge in [-0.15, -0.1) is 0 Å². The number of benzene rings is 1. The number of anilines is 1. The molecule has 2 aliphatic heterocycles. The summed E-state index contributed by atoms with van der Waals surface area (Å²) in [5.41, 5.74) is 0.805. The largest absolute Gasteiger partial charge is 0.393 e. The lowest BCUT2D eigenvalue weighted by atomic mass is 9.75. The molecule has 1 radical (unpaired) electrons. The maximum atomic E-state index is 13.2. The number of ether oxygens (including phenoxy) is 2. The van der Waals surface area contributed by atoms with Crippen LogP contribution in [0.15, 0.2) is 53.1 Å². The first-order chi connectivity index (χ1) is 20.5. The van der Waals surface area contributed by atoms with Crippen LogP contribution in [0, 0.1) is 41.9 Å². The summed E-state index contributed by atoms with van der Waals surface area (Å²) in [6, 6.07) is 5.76. The van der Waals surface area contributed by atoms with E-state index >= 15 is 0 Å². The number of sulfone groups is 1. The van der Waals surface area contributed by atoms with Crippen molar-refractivity contribution in [1.29, 1.82) is 0 Å². The van der Waals surface area contributed by atoms with Crippen LogP contribution in [0.4, 0.5) is 5.69 Å². The Morgan fingerprint density at radius 2 is 1.23 bits per heavy atom. The van der Waals surface area contributed by atoms with Gasteiger partial charge in [-0.1, -0.05) is 12.2 Å². The third kappa shape index (κ3) is 5.53. The second-order valence-electron chi connectivity index (χ2n) is 11.6. The first-order valence-electron chi connectivity index (χ1n) is 14.2. The van der Waals surface area contributed by atoms with Crippen LogP contribution in [0.1, 0.15) is 41.4 Å². The summed E-state index contributed by atoms with van der Waals surface area (Å²) in [6.07, 6.45) is 8.08. The van der Waals surface area contributed by atoms with Crippen LogP contribution in [0.2, 0.25) is 0 Å². The number of amides is 2. The summed E-state index contributed by atoms with van der Waals surface area (Å²) in [4.78, 5) is 72.9. The molecular weight excluding hydrogens is 580 g/mol. The zero-order valence-corrected chi connectivity index (χ0v) is 23.7. The molecule has 0 spiro atoms. The van der Waals surface area contributed by atoms with Crippen molar-refractivity contribution in [3.8, 4) is 0 Å². The molecule has 2 N–H and O–H groups in total. The number of nitrogens with one attached hydrogen (secondary N) is 2. The Hall–Kier alpha value is -4.13. The second kappa shape index (κ2) is 11.2. The molecule has 0 aromatic heterocycles. The number of rotatable bonds is 6. The SMILES string of the molecule is O=C(NC1=C[CH]C(S(=O)(=O)c2ccc(NC(=O)C3CCC4C(=O)OC(=O)C4C3)cc2)C=C1)C1CCC2C(=O)OC(=O)C2C1.[HH].[HH]. The Labute approximate surface area is 250 Å². The zero-order chi connectivity index (χ0) is 30.5. The van der Waals surface area contributed by atoms with Crippen LogP contribution in [0.5, 0.6) is 0 Å². The maximum absolute atomic E-state index is 13.2. The van der Waals surface area contributed by atoms with Crippen molar-refractivity contribution in [2.45, 2.75) is 48.7 Å². The molecule has 2 heterocycles. The van der Waals surface area contributed by atoms with Gasteiger partial charge in [0.2, 0.25) is 11.8 Å². The van der Waals surface area contributed by atoms with Gasteiger partial charge in [0.05, 0.1) is 33.8 Å². The highest BCUT2D eigenvalue weighted by Crippen LogP contribution is 2.41. The van der Waals surface area contributed by atoms with Crippen molar-refractivity contribution in [2.24, 2.45) is 35.5 Å². The highest BCUT2D eigenvalue weighted by Gasteiger charge is 2.50. The first kappa shape index (κ1) is 29.0. The predicted molar refractivity (Wildman–Crippen MR) is 151 cm³/mol. The summed E-state index contributed by atoms with van der Waals surface area (Å²) in [5.74, 6) is -5.95. The molecule has 13 heteroatoms. The molecule has 43 heavy (non-hydrogen) atoms. The van der Waals surface area contributed by atoms with Gasteiger partial charge in [-0.2, -0.15) is 0 Å². The minimum atomic E-state index is -3.82. The number of allylic oxidation sites excluding steroid dienone is 2. The van der Waals surface area contributed by atoms with Crippen molar-refractivity contribution in [2.75, 3.05) is 5.32 Å². The molecule has 7 atom stereocenters. The van der Waals surface area contributed by atoms with E-state index in [1.165, 1.54) is 48.9 Å². The average molecular weight is 614 g/mol. The van der Waals surface area contributed by atoms with Gasteiger partial charge in [-0.3, -0.25) is 28.8 Å². The van der Waals surface area contributed by atoms with Gasteiger partial charge in [0.15, 0.2) is 9.84 Å². The lowest BCUT2D eigenvalue weighted by molar-refractivity contribution is -0.155. The third-order valence-electron chi connectivity index (χ3n) is 9.06. The minimum absolute atomic E-state index is 0. The number of carbonyl (C=O) groups is 6. The van der Waals surface area contributed by atoms with E-state index in [0.29, 0.717) is 37.1 Å². The molecule has 7 unspecified atom stereocenters. The van der Waals surface area contributed by atoms with Gasteiger partial charge >= 0.3 is 23.9 Å². The summed E-state index contributed by atoms with van der Waals surface area (Å²) < 4.78 is 35.9. The molecule has 1 aromatic carbocycles. The molecular formula is C30H33N2O10S. The lowest BCUT2D eigenvalue weighted by Crippen LogP contribution is -2.37. The number of carbonyl (C=O) groups excluding carboxylic acids is 6. The van der Waals surface area contributed by atoms with Crippen molar-refractivity contribution in [3.63, 3.8) is 0 Å². The smallest absolute Gasteiger partial charge is 0.317 e. The zero-order valence-electron chi connectivity index (χ0n) is 22.9. The van der Waals surface area contributed by atoms with Gasteiger partial charge in [0.25, 0.3) is 0 Å². The molecule has 1 aromatic rings. The summed E-state index contributed by atoms with van der Waals surface area (Å²) >= 11 is 0. The maximum Gasteiger partial charge on any atom is 0.317 e. The lowest BCUT2D eigenvalue weighted by Gasteiger charge is -2.27. The second-order valence-corrected chi connectivity index (χ2v) is 13.7. The van der Waals surface area contributed by atoms with Crippen LogP contribution in [0.3, 0.4) is 0 Å². The van der Waals surface area contributed by atoms with Crippen LogP contribution >= 0.6 is 0 Å². The van der Waals surface area contributed by atoms with E-state index in [4.69, 9.17) is 9.47 Å². The van der Waals surface area contributed by atoms with Gasteiger partial charge < -0.3 is 20.1 Å². The highest BCUT2D eigenvalue weighted by atomic mass is 32.2. The van der Waals surface area contributed by atoms with Gasteiger partial charge in [-0.05, 0) is 68.9 Å². The van der Waals surface area contributed by atoms with Crippen LogP contribution in [0.25, 0.3) is 0 Å². The summed E-state index contributed by atoms with van der Waals surface area (Å²) in [6.45, 7) is 0. The number of hydrogen-bond acceptors (Lipinski definition) is 10. The Balaban J connectivity index is 0.00000230. The number of hydrogen-bond donors (Lipinski definition) is 2. The van der Waals surface area contributed by atoms with E-state index < -0.39 is 74.5 Å². The number of fused-ring (bicyclic) bond motifs is 2. The molecule has 12 nitrogen and oxygen atoms in total. The molecule has 5 aliphatic rings. The van der Waals surface area contributed by atoms with E-state index in [9.17, 15) is 37.2 Å². The molecule has 2 saturated carbocycles. The highest BCUT2D eigenvalue weighted by molar-refractivity contribution is 7.92. The van der Waals surface area contributed by atoms with Crippen LogP contribution in [-0.2, 0) is 48.1 Å². The fourth-order valence-electron chi connectivity index (χ4n) is 6.58. The van der Waals surface area contributed by atoms with E-state index in [0.717, 1.165) is 0 Å².